The molecule has 0 unspecified atom stereocenters. The van der Waals surface area contributed by atoms with E-state index in [1.54, 1.807) is 6.08 Å². The zero-order chi connectivity index (χ0) is 15.4. The fourth-order valence-corrected chi connectivity index (χ4v) is 5.92. The van der Waals surface area contributed by atoms with Crippen molar-refractivity contribution in [2.24, 2.45) is 0 Å². The fraction of sp³-hybridized carbons (Fsp3) is 0.706. The molecule has 4 heteroatoms. The van der Waals surface area contributed by atoms with Crippen molar-refractivity contribution < 1.29 is 9.53 Å². The smallest absolute Gasteiger partial charge is 0.330 e. The Labute approximate surface area is 138 Å². The molecule has 1 fully saturated rings. The van der Waals surface area contributed by atoms with E-state index in [-0.39, 0.29) is 5.97 Å². The number of hydrogen-bond acceptors (Lipinski definition) is 4. The standard InChI is InChI=1S/C17H28O2S2/c1-3-4-5-8-12-17(20-14-10-15-21-17)13-9-6-7-11-16(18)19-2/h3-4,7,11H,5-6,8-10,12-15H2,1-2H3/b4-3+,11-7+. The third kappa shape index (κ3) is 8.01. The van der Waals surface area contributed by atoms with Gasteiger partial charge in [-0.25, -0.2) is 4.79 Å². The first-order valence-electron chi connectivity index (χ1n) is 7.86. The molecule has 0 aromatic heterocycles. The van der Waals surface area contributed by atoms with Crippen LogP contribution in [0.15, 0.2) is 24.3 Å². The fourth-order valence-electron chi connectivity index (χ4n) is 2.42. The molecule has 1 aliphatic heterocycles. The minimum atomic E-state index is -0.252. The first-order valence-corrected chi connectivity index (χ1v) is 9.83. The van der Waals surface area contributed by atoms with Gasteiger partial charge in [0.05, 0.1) is 11.2 Å². The van der Waals surface area contributed by atoms with Gasteiger partial charge in [0.1, 0.15) is 0 Å². The quantitative estimate of drug-likeness (QED) is 0.251. The van der Waals surface area contributed by atoms with Crippen molar-refractivity contribution in [3.8, 4) is 0 Å². The van der Waals surface area contributed by atoms with Crippen LogP contribution < -0.4 is 0 Å². The molecule has 0 saturated carbocycles. The zero-order valence-electron chi connectivity index (χ0n) is 13.3. The van der Waals surface area contributed by atoms with Crippen LogP contribution in [0.25, 0.3) is 0 Å². The van der Waals surface area contributed by atoms with Gasteiger partial charge in [-0.15, -0.1) is 23.5 Å². The molecular weight excluding hydrogens is 300 g/mol. The van der Waals surface area contributed by atoms with Crippen LogP contribution in [0.1, 0.15) is 51.9 Å². The zero-order valence-corrected chi connectivity index (χ0v) is 14.9. The summed E-state index contributed by atoms with van der Waals surface area (Å²) in [7, 11) is 1.42. The van der Waals surface area contributed by atoms with Crippen LogP contribution in [0.4, 0.5) is 0 Å². The Balaban J connectivity index is 2.35. The number of carbonyl (C=O) groups is 1. The van der Waals surface area contributed by atoms with Gasteiger partial charge in [-0.3, -0.25) is 0 Å². The molecule has 120 valence electrons. The molecule has 0 bridgehead atoms. The molecule has 0 aromatic carbocycles. The lowest BCUT2D eigenvalue weighted by atomic mass is 10.1. The van der Waals surface area contributed by atoms with Crippen LogP contribution in [0.2, 0.25) is 0 Å². The maximum Gasteiger partial charge on any atom is 0.330 e. The summed E-state index contributed by atoms with van der Waals surface area (Å²) < 4.78 is 5.02. The third-order valence-electron chi connectivity index (χ3n) is 3.57. The van der Waals surface area contributed by atoms with Crippen molar-refractivity contribution in [3.05, 3.63) is 24.3 Å². The third-order valence-corrected chi connectivity index (χ3v) is 7.13. The Kier molecular flexibility index (Phi) is 10.0. The van der Waals surface area contributed by atoms with E-state index in [1.807, 2.05) is 6.08 Å². The molecule has 1 aliphatic rings. The molecule has 0 amide bonds. The van der Waals surface area contributed by atoms with Gasteiger partial charge >= 0.3 is 5.97 Å². The number of ether oxygens (including phenoxy) is 1. The van der Waals surface area contributed by atoms with Gasteiger partial charge in [0.25, 0.3) is 0 Å². The van der Waals surface area contributed by atoms with Crippen LogP contribution in [-0.2, 0) is 9.53 Å². The van der Waals surface area contributed by atoms with Crippen molar-refractivity contribution in [3.63, 3.8) is 0 Å². The van der Waals surface area contributed by atoms with Crippen molar-refractivity contribution in [1.29, 1.82) is 0 Å². The monoisotopic (exact) mass is 328 g/mol. The minimum Gasteiger partial charge on any atom is -0.466 e. The highest BCUT2D eigenvalue weighted by Crippen LogP contribution is 2.49. The lowest BCUT2D eigenvalue weighted by Crippen LogP contribution is -2.25. The summed E-state index contributed by atoms with van der Waals surface area (Å²) in [6.45, 7) is 2.09. The number of allylic oxidation sites excluding steroid dienone is 3. The average Bonchev–Trinajstić information content (AvgIpc) is 2.52. The highest BCUT2D eigenvalue weighted by atomic mass is 32.2. The van der Waals surface area contributed by atoms with Crippen molar-refractivity contribution in [2.75, 3.05) is 18.6 Å². The Hall–Kier alpha value is -0.350. The summed E-state index contributed by atoms with van der Waals surface area (Å²) in [6.07, 6.45) is 16.4. The van der Waals surface area contributed by atoms with E-state index < -0.39 is 0 Å². The van der Waals surface area contributed by atoms with E-state index in [1.165, 1.54) is 50.7 Å². The second kappa shape index (κ2) is 11.2. The lowest BCUT2D eigenvalue weighted by molar-refractivity contribution is -0.134. The number of hydrogen-bond donors (Lipinski definition) is 0. The number of thioether (sulfide) groups is 2. The SMILES string of the molecule is C/C=C/CCCC1(CCC/C=C/C(=O)OC)SCCCS1. The summed E-state index contributed by atoms with van der Waals surface area (Å²) in [5.41, 5.74) is 0. The van der Waals surface area contributed by atoms with E-state index in [0.717, 1.165) is 12.8 Å². The van der Waals surface area contributed by atoms with Gasteiger partial charge in [0.2, 0.25) is 0 Å². The summed E-state index contributed by atoms with van der Waals surface area (Å²) in [6, 6.07) is 0. The van der Waals surface area contributed by atoms with E-state index in [4.69, 9.17) is 0 Å². The number of carbonyl (C=O) groups excluding carboxylic acids is 1. The topological polar surface area (TPSA) is 26.3 Å². The molecule has 1 rings (SSSR count). The minimum absolute atomic E-state index is 0.252. The van der Waals surface area contributed by atoms with Gasteiger partial charge in [0.15, 0.2) is 0 Å². The first kappa shape index (κ1) is 18.7. The predicted octanol–water partition coefficient (Wildman–Crippen LogP) is 5.20. The average molecular weight is 329 g/mol. The highest BCUT2D eigenvalue weighted by Gasteiger charge is 2.32. The van der Waals surface area contributed by atoms with E-state index in [0.29, 0.717) is 4.08 Å². The molecule has 1 saturated heterocycles. The maximum absolute atomic E-state index is 11.0. The second-order valence-corrected chi connectivity index (χ2v) is 8.46. The Bertz CT molecular complexity index is 345. The van der Waals surface area contributed by atoms with Crippen LogP contribution in [0, 0.1) is 0 Å². The van der Waals surface area contributed by atoms with Crippen LogP contribution in [-0.4, -0.2) is 28.7 Å². The molecular formula is C17H28O2S2. The summed E-state index contributed by atoms with van der Waals surface area (Å²) in [5, 5.41) is 0. The predicted molar refractivity (Wildman–Crippen MR) is 95.9 cm³/mol. The second-order valence-electron chi connectivity index (χ2n) is 5.24. The van der Waals surface area contributed by atoms with Crippen molar-refractivity contribution in [1.82, 2.24) is 0 Å². The van der Waals surface area contributed by atoms with E-state index in [2.05, 4.69) is 47.3 Å². The molecule has 0 aliphatic carbocycles. The van der Waals surface area contributed by atoms with Crippen molar-refractivity contribution >= 4 is 29.5 Å². The van der Waals surface area contributed by atoms with E-state index >= 15 is 0 Å². The summed E-state index contributed by atoms with van der Waals surface area (Å²) in [5.74, 6) is 2.35. The largest absolute Gasteiger partial charge is 0.466 e. The van der Waals surface area contributed by atoms with Gasteiger partial charge in [-0.1, -0.05) is 18.2 Å². The summed E-state index contributed by atoms with van der Waals surface area (Å²) in [4.78, 5) is 11.0. The van der Waals surface area contributed by atoms with Crippen LogP contribution in [0.3, 0.4) is 0 Å². The van der Waals surface area contributed by atoms with Gasteiger partial charge in [-0.2, -0.15) is 0 Å². The number of rotatable bonds is 9. The Morgan fingerprint density at radius 2 is 1.76 bits per heavy atom. The Morgan fingerprint density at radius 1 is 1.14 bits per heavy atom. The van der Waals surface area contributed by atoms with Crippen molar-refractivity contribution in [2.45, 2.75) is 55.9 Å². The number of unbranched alkanes of at least 4 members (excludes halogenated alkanes) is 2. The highest BCUT2D eigenvalue weighted by molar-refractivity contribution is 8.18. The first-order chi connectivity index (χ1) is 10.2. The summed E-state index contributed by atoms with van der Waals surface area (Å²) >= 11 is 4.32. The van der Waals surface area contributed by atoms with Gasteiger partial charge in [0, 0.05) is 6.08 Å². The lowest BCUT2D eigenvalue weighted by Gasteiger charge is -2.36. The van der Waals surface area contributed by atoms with Crippen LogP contribution >= 0.6 is 23.5 Å². The number of esters is 1. The molecule has 0 aromatic rings. The molecule has 0 spiro atoms. The van der Waals surface area contributed by atoms with E-state index in [9.17, 15) is 4.79 Å². The Morgan fingerprint density at radius 3 is 2.33 bits per heavy atom. The molecule has 0 N–H and O–H groups in total. The normalized spacial score (nSPS) is 18.4. The maximum atomic E-state index is 11.0. The molecule has 0 radical (unpaired) electrons. The molecule has 1 heterocycles. The van der Waals surface area contributed by atoms with Gasteiger partial charge in [-0.05, 0) is 63.4 Å². The molecule has 2 nitrogen and oxygen atoms in total. The molecule has 21 heavy (non-hydrogen) atoms. The van der Waals surface area contributed by atoms with Gasteiger partial charge < -0.3 is 4.74 Å². The van der Waals surface area contributed by atoms with Crippen LogP contribution in [0.5, 0.6) is 0 Å². The number of methoxy groups -OCH3 is 1. The molecule has 0 atom stereocenters.